The number of carbonyl (C=O) groups is 1. The summed E-state index contributed by atoms with van der Waals surface area (Å²) >= 11 is 0. The molecule has 0 unspecified atom stereocenters. The number of hydrogen-bond donors (Lipinski definition) is 1. The number of nitrogens with one attached hydrogen (secondary N) is 1. The number of halogens is 3. The minimum atomic E-state index is -4.64. The third kappa shape index (κ3) is 6.72. The monoisotopic (exact) mass is 458 g/mol. The predicted molar refractivity (Wildman–Crippen MR) is 121 cm³/mol. The molecular weight excluding hydrogens is 432 g/mol. The lowest BCUT2D eigenvalue weighted by molar-refractivity contribution is -0.141. The fourth-order valence-corrected chi connectivity index (χ4v) is 3.34. The van der Waals surface area contributed by atoms with Gasteiger partial charge in [-0.3, -0.25) is 4.79 Å². The summed E-state index contributed by atoms with van der Waals surface area (Å²) in [6.45, 7) is 3.67. The Morgan fingerprint density at radius 2 is 1.91 bits per heavy atom. The molecule has 0 saturated carbocycles. The van der Waals surface area contributed by atoms with Gasteiger partial charge in [-0.05, 0) is 38.8 Å². The maximum Gasteiger partial charge on any atom is 0.433 e. The van der Waals surface area contributed by atoms with Crippen molar-refractivity contribution >= 4 is 25.1 Å². The topological polar surface area (TPSA) is 68.5 Å². The molecule has 3 aromatic rings. The molecule has 0 atom stereocenters. The second-order valence-electron chi connectivity index (χ2n) is 8.03. The summed E-state index contributed by atoms with van der Waals surface area (Å²) in [7, 11) is 5.52. The number of hydrogen-bond acceptors (Lipinski definition) is 4. The Morgan fingerprint density at radius 1 is 1.15 bits per heavy atom. The second-order valence-corrected chi connectivity index (χ2v) is 8.03. The number of pyridine rings is 2. The first kappa shape index (κ1) is 24.6. The second kappa shape index (κ2) is 10.7. The Hall–Kier alpha value is -3.04. The van der Waals surface area contributed by atoms with Crippen LogP contribution in [-0.2, 0) is 12.6 Å². The first-order chi connectivity index (χ1) is 15.7. The van der Waals surface area contributed by atoms with E-state index in [4.69, 9.17) is 12.6 Å². The van der Waals surface area contributed by atoms with E-state index < -0.39 is 17.8 Å². The highest BCUT2D eigenvalue weighted by Gasteiger charge is 2.33. The lowest BCUT2D eigenvalue weighted by Crippen LogP contribution is -2.18. The summed E-state index contributed by atoms with van der Waals surface area (Å²) in [4.78, 5) is 20.7. The standard InChI is InChI=1S/C23H26BF3N4O2/c1-15(2)33-19-12-21-28-16(8-5-3-4-6-11-24)13-31(21)14-18(19)30-22(32)17-9-7-10-20(29-17)23(25,26)27/h7,9-10,12-15H,3-6,8,11H2,1-2H3,(H,30,32). The molecule has 0 aliphatic rings. The van der Waals surface area contributed by atoms with Crippen molar-refractivity contribution < 1.29 is 22.7 Å². The van der Waals surface area contributed by atoms with Gasteiger partial charge in [-0.1, -0.05) is 31.6 Å². The van der Waals surface area contributed by atoms with Gasteiger partial charge in [0.25, 0.3) is 5.91 Å². The van der Waals surface area contributed by atoms with Crippen LogP contribution in [0, 0.1) is 0 Å². The van der Waals surface area contributed by atoms with Crippen molar-refractivity contribution in [1.82, 2.24) is 14.4 Å². The molecule has 3 rings (SSSR count). The molecule has 0 aliphatic carbocycles. The van der Waals surface area contributed by atoms with E-state index in [1.54, 1.807) is 16.7 Å². The first-order valence-electron chi connectivity index (χ1n) is 10.9. The Bertz CT molecular complexity index is 1100. The van der Waals surface area contributed by atoms with Crippen molar-refractivity contribution in [3.63, 3.8) is 0 Å². The number of fused-ring (bicyclic) bond motifs is 1. The smallest absolute Gasteiger partial charge is 0.433 e. The van der Waals surface area contributed by atoms with Crippen LogP contribution in [0.25, 0.3) is 5.65 Å². The van der Waals surface area contributed by atoms with Crippen LogP contribution in [0.2, 0.25) is 6.32 Å². The van der Waals surface area contributed by atoms with Crippen LogP contribution >= 0.6 is 0 Å². The fourth-order valence-electron chi connectivity index (χ4n) is 3.34. The molecule has 0 aromatic carbocycles. The number of anilines is 1. The molecule has 0 bridgehead atoms. The Labute approximate surface area is 192 Å². The van der Waals surface area contributed by atoms with Crippen LogP contribution < -0.4 is 10.1 Å². The van der Waals surface area contributed by atoms with Crippen LogP contribution in [0.5, 0.6) is 5.75 Å². The highest BCUT2D eigenvalue weighted by Crippen LogP contribution is 2.30. The van der Waals surface area contributed by atoms with Crippen molar-refractivity contribution in [3.05, 3.63) is 53.7 Å². The lowest BCUT2D eigenvalue weighted by atomic mass is 9.98. The first-order valence-corrected chi connectivity index (χ1v) is 10.9. The molecule has 1 amide bonds. The van der Waals surface area contributed by atoms with Crippen molar-refractivity contribution in [1.29, 1.82) is 0 Å². The van der Waals surface area contributed by atoms with Gasteiger partial charge < -0.3 is 14.5 Å². The van der Waals surface area contributed by atoms with Crippen molar-refractivity contribution in [2.24, 2.45) is 0 Å². The van der Waals surface area contributed by atoms with E-state index in [1.165, 1.54) is 6.07 Å². The number of aromatic nitrogens is 3. The summed E-state index contributed by atoms with van der Waals surface area (Å²) in [5, 5.41) is 2.62. The zero-order chi connectivity index (χ0) is 24.0. The van der Waals surface area contributed by atoms with Gasteiger partial charge in [0.05, 0.1) is 19.6 Å². The van der Waals surface area contributed by atoms with E-state index in [0.717, 1.165) is 49.9 Å². The van der Waals surface area contributed by atoms with Crippen molar-refractivity contribution in [2.75, 3.05) is 5.32 Å². The van der Waals surface area contributed by atoms with E-state index in [1.807, 2.05) is 20.0 Å². The quantitative estimate of drug-likeness (QED) is 0.323. The van der Waals surface area contributed by atoms with Gasteiger partial charge in [-0.15, -0.1) is 0 Å². The lowest BCUT2D eigenvalue weighted by Gasteiger charge is -2.15. The highest BCUT2D eigenvalue weighted by molar-refractivity contribution is 6.08. The maximum absolute atomic E-state index is 13.0. The average molecular weight is 458 g/mol. The molecule has 174 valence electrons. The van der Waals surface area contributed by atoms with Gasteiger partial charge in [0.2, 0.25) is 0 Å². The molecule has 0 fully saturated rings. The minimum absolute atomic E-state index is 0.188. The summed E-state index contributed by atoms with van der Waals surface area (Å²) < 4.78 is 46.5. The van der Waals surface area contributed by atoms with Crippen LogP contribution in [0.3, 0.4) is 0 Å². The summed E-state index contributed by atoms with van der Waals surface area (Å²) in [6, 6.07) is 4.90. The number of aryl methyl sites for hydroxylation is 1. The molecule has 3 heterocycles. The molecule has 0 spiro atoms. The van der Waals surface area contributed by atoms with Crippen LogP contribution in [0.1, 0.15) is 61.4 Å². The number of imidazole rings is 1. The zero-order valence-corrected chi connectivity index (χ0v) is 18.7. The van der Waals surface area contributed by atoms with Gasteiger partial charge in [-0.2, -0.15) is 13.2 Å². The summed E-state index contributed by atoms with van der Waals surface area (Å²) in [5.74, 6) is -0.396. The van der Waals surface area contributed by atoms with E-state index in [9.17, 15) is 18.0 Å². The van der Waals surface area contributed by atoms with Gasteiger partial charge in [0.1, 0.15) is 28.5 Å². The third-order valence-electron chi connectivity index (χ3n) is 4.87. The molecule has 0 aliphatic heterocycles. The summed E-state index contributed by atoms with van der Waals surface area (Å²) in [6.07, 6.45) is 4.33. The van der Waals surface area contributed by atoms with E-state index >= 15 is 0 Å². The predicted octanol–water partition coefficient (Wildman–Crippen LogP) is 5.48. The number of amides is 1. The highest BCUT2D eigenvalue weighted by atomic mass is 19.4. The van der Waals surface area contributed by atoms with E-state index in [0.29, 0.717) is 23.4 Å². The fraction of sp³-hybridized carbons (Fsp3) is 0.435. The van der Waals surface area contributed by atoms with Gasteiger partial charge in [-0.25, -0.2) is 9.97 Å². The summed E-state index contributed by atoms with van der Waals surface area (Å²) in [5.41, 5.74) is 0.394. The molecule has 33 heavy (non-hydrogen) atoms. The molecule has 0 saturated heterocycles. The number of rotatable bonds is 10. The maximum atomic E-state index is 13.0. The van der Waals surface area contributed by atoms with E-state index in [-0.39, 0.29) is 11.8 Å². The normalized spacial score (nSPS) is 11.8. The number of ether oxygens (including phenoxy) is 1. The van der Waals surface area contributed by atoms with Crippen molar-refractivity contribution in [2.45, 2.75) is 64.6 Å². The van der Waals surface area contributed by atoms with E-state index in [2.05, 4.69) is 15.3 Å². The Morgan fingerprint density at radius 3 is 2.61 bits per heavy atom. The van der Waals surface area contributed by atoms with Gasteiger partial charge >= 0.3 is 6.18 Å². The number of nitrogens with zero attached hydrogens (tertiary/aromatic N) is 3. The third-order valence-corrected chi connectivity index (χ3v) is 4.87. The molecule has 10 heteroatoms. The number of carbonyl (C=O) groups excluding carboxylic acids is 1. The van der Waals surface area contributed by atoms with Crippen molar-refractivity contribution in [3.8, 4) is 5.75 Å². The van der Waals surface area contributed by atoms with Crippen LogP contribution in [-0.4, -0.2) is 34.2 Å². The minimum Gasteiger partial charge on any atom is -0.489 e. The molecular formula is C23H26BF3N4O2. The molecule has 2 radical (unpaired) electrons. The number of unbranched alkanes of at least 4 members (excludes halogenated alkanes) is 3. The Balaban J connectivity index is 1.83. The molecule has 6 nitrogen and oxygen atoms in total. The average Bonchev–Trinajstić information content (AvgIpc) is 3.14. The Kier molecular flexibility index (Phi) is 7.99. The largest absolute Gasteiger partial charge is 0.489 e. The zero-order valence-electron chi connectivity index (χ0n) is 18.7. The van der Waals surface area contributed by atoms with Crippen LogP contribution in [0.15, 0.2) is 36.7 Å². The van der Waals surface area contributed by atoms with Gasteiger partial charge in [0.15, 0.2) is 0 Å². The SMILES string of the molecule is [B]CCCCCCc1cn2cc(NC(=O)c3cccc(C(F)(F)F)n3)c(OC(C)C)cc2n1. The number of alkyl halides is 3. The molecule has 3 aromatic heterocycles. The molecule has 1 N–H and O–H groups in total. The van der Waals surface area contributed by atoms with Crippen LogP contribution in [0.4, 0.5) is 18.9 Å². The van der Waals surface area contributed by atoms with Gasteiger partial charge in [0, 0.05) is 18.5 Å².